The zero-order valence-corrected chi connectivity index (χ0v) is 16.6. The highest BCUT2D eigenvalue weighted by Crippen LogP contribution is 2.34. The molecule has 2 heterocycles. The molecule has 0 spiro atoms. The van der Waals surface area contributed by atoms with Crippen LogP contribution in [-0.4, -0.2) is 15.9 Å². The van der Waals surface area contributed by atoms with Crippen LogP contribution in [0.1, 0.15) is 34.5 Å². The lowest BCUT2D eigenvalue weighted by molar-refractivity contribution is 0.100. The van der Waals surface area contributed by atoms with Crippen LogP contribution in [-0.2, 0) is 12.8 Å². The lowest BCUT2D eigenvalue weighted by atomic mass is 9.92. The summed E-state index contributed by atoms with van der Waals surface area (Å²) in [6, 6.07) is 17.4. The molecule has 2 aromatic carbocycles. The predicted molar refractivity (Wildman–Crippen MR) is 120 cm³/mol. The predicted octanol–water partition coefficient (Wildman–Crippen LogP) is 4.52. The second kappa shape index (κ2) is 7.26. The molecule has 0 bridgehead atoms. The van der Waals surface area contributed by atoms with Crippen molar-refractivity contribution in [1.82, 2.24) is 9.97 Å². The van der Waals surface area contributed by atoms with E-state index in [0.717, 1.165) is 58.2 Å². The van der Waals surface area contributed by atoms with Crippen molar-refractivity contribution in [2.24, 2.45) is 5.73 Å². The summed E-state index contributed by atoms with van der Waals surface area (Å²) in [7, 11) is 0. The molecule has 4 aromatic rings. The SMILES string of the molecule is NC(=O)c1ccccc1-c1cc(-c2ccc3nc4c(c(N)c3c2)CCCC4)ccn1. The summed E-state index contributed by atoms with van der Waals surface area (Å²) >= 11 is 0. The number of nitrogens with zero attached hydrogens (tertiary/aromatic N) is 2. The van der Waals surface area contributed by atoms with Gasteiger partial charge >= 0.3 is 0 Å². The summed E-state index contributed by atoms with van der Waals surface area (Å²) in [5, 5.41) is 0.990. The van der Waals surface area contributed by atoms with Crippen molar-refractivity contribution in [3.05, 3.63) is 77.6 Å². The van der Waals surface area contributed by atoms with Crippen LogP contribution in [0.5, 0.6) is 0 Å². The van der Waals surface area contributed by atoms with E-state index in [1.54, 1.807) is 18.3 Å². The summed E-state index contributed by atoms with van der Waals surface area (Å²) in [6.07, 6.45) is 6.09. The van der Waals surface area contributed by atoms with Gasteiger partial charge in [0.05, 0.1) is 11.2 Å². The fourth-order valence-corrected chi connectivity index (χ4v) is 4.32. The molecule has 148 valence electrons. The zero-order valence-electron chi connectivity index (χ0n) is 16.6. The van der Waals surface area contributed by atoms with Crippen LogP contribution in [0.3, 0.4) is 0 Å². The molecule has 5 rings (SSSR count). The quantitative estimate of drug-likeness (QED) is 0.534. The number of carbonyl (C=O) groups is 1. The number of hydrogen-bond donors (Lipinski definition) is 2. The van der Waals surface area contributed by atoms with Gasteiger partial charge in [0.25, 0.3) is 0 Å². The van der Waals surface area contributed by atoms with Crippen molar-refractivity contribution in [3.8, 4) is 22.4 Å². The fraction of sp³-hybridized carbons (Fsp3) is 0.160. The van der Waals surface area contributed by atoms with Crippen molar-refractivity contribution in [2.75, 3.05) is 5.73 Å². The highest BCUT2D eigenvalue weighted by molar-refractivity contribution is 6.00. The number of carbonyl (C=O) groups excluding carboxylic acids is 1. The Morgan fingerprint density at radius 1 is 0.933 bits per heavy atom. The van der Waals surface area contributed by atoms with E-state index >= 15 is 0 Å². The van der Waals surface area contributed by atoms with E-state index in [9.17, 15) is 4.79 Å². The first kappa shape index (κ1) is 18.3. The standard InChI is InChI=1S/C25H22N4O/c26-24-19-7-3-4-8-21(19)29-22-10-9-15(13-20(22)24)16-11-12-28-23(14-16)17-5-1-2-6-18(17)25(27)30/h1-2,5-6,9-14H,3-4,7-8H2,(H2,26,29)(H2,27,30). The van der Waals surface area contributed by atoms with Gasteiger partial charge in [0, 0.05) is 34.1 Å². The minimum absolute atomic E-state index is 0.459. The number of nitrogen functional groups attached to an aromatic ring is 1. The highest BCUT2D eigenvalue weighted by atomic mass is 16.1. The van der Waals surface area contributed by atoms with Crippen LogP contribution in [0.4, 0.5) is 5.69 Å². The first-order valence-corrected chi connectivity index (χ1v) is 10.2. The van der Waals surface area contributed by atoms with E-state index < -0.39 is 5.91 Å². The number of fused-ring (bicyclic) bond motifs is 2. The molecule has 2 aromatic heterocycles. The molecule has 0 fully saturated rings. The number of hydrogen-bond acceptors (Lipinski definition) is 4. The Morgan fingerprint density at radius 2 is 1.73 bits per heavy atom. The molecule has 0 atom stereocenters. The third-order valence-corrected chi connectivity index (χ3v) is 5.87. The van der Waals surface area contributed by atoms with Gasteiger partial charge in [-0.1, -0.05) is 24.3 Å². The molecule has 1 aliphatic carbocycles. The second-order valence-electron chi connectivity index (χ2n) is 7.73. The molecule has 0 saturated carbocycles. The van der Waals surface area contributed by atoms with Crippen LogP contribution in [0.2, 0.25) is 0 Å². The Balaban J connectivity index is 1.62. The smallest absolute Gasteiger partial charge is 0.249 e. The normalized spacial score (nSPS) is 13.2. The van der Waals surface area contributed by atoms with Crippen LogP contribution in [0.15, 0.2) is 60.8 Å². The second-order valence-corrected chi connectivity index (χ2v) is 7.73. The maximum absolute atomic E-state index is 11.8. The van der Waals surface area contributed by atoms with Crippen molar-refractivity contribution in [1.29, 1.82) is 0 Å². The van der Waals surface area contributed by atoms with Crippen molar-refractivity contribution in [2.45, 2.75) is 25.7 Å². The third kappa shape index (κ3) is 3.08. The molecule has 5 heteroatoms. The van der Waals surface area contributed by atoms with Gasteiger partial charge in [-0.15, -0.1) is 0 Å². The lowest BCUT2D eigenvalue weighted by Gasteiger charge is -2.19. The average Bonchev–Trinajstić information content (AvgIpc) is 2.79. The Labute approximate surface area is 174 Å². The first-order chi connectivity index (χ1) is 14.6. The minimum atomic E-state index is -0.466. The first-order valence-electron chi connectivity index (χ1n) is 10.2. The van der Waals surface area contributed by atoms with Crippen molar-refractivity contribution < 1.29 is 4.79 Å². The van der Waals surface area contributed by atoms with E-state index in [2.05, 4.69) is 17.1 Å². The molecule has 5 nitrogen and oxygen atoms in total. The van der Waals surface area contributed by atoms with Crippen molar-refractivity contribution in [3.63, 3.8) is 0 Å². The number of amides is 1. The summed E-state index contributed by atoms with van der Waals surface area (Å²) in [5.41, 5.74) is 20.2. The zero-order chi connectivity index (χ0) is 20.7. The van der Waals surface area contributed by atoms with Gasteiger partial charge < -0.3 is 11.5 Å². The average molecular weight is 394 g/mol. The number of primary amides is 1. The van der Waals surface area contributed by atoms with Crippen molar-refractivity contribution >= 4 is 22.5 Å². The number of rotatable bonds is 3. The summed E-state index contributed by atoms with van der Waals surface area (Å²) in [4.78, 5) is 21.2. The van der Waals surface area contributed by atoms with Gasteiger partial charge in [-0.3, -0.25) is 14.8 Å². The molecule has 4 N–H and O–H groups in total. The van der Waals surface area contributed by atoms with Crippen LogP contribution < -0.4 is 11.5 Å². The number of nitrogens with two attached hydrogens (primary N) is 2. The maximum atomic E-state index is 11.8. The molecule has 1 aliphatic rings. The van der Waals surface area contributed by atoms with E-state index in [-0.39, 0.29) is 0 Å². The molecule has 0 aliphatic heterocycles. The Morgan fingerprint density at radius 3 is 2.60 bits per heavy atom. The third-order valence-electron chi connectivity index (χ3n) is 5.87. The topological polar surface area (TPSA) is 94.9 Å². The molecule has 0 radical (unpaired) electrons. The lowest BCUT2D eigenvalue weighted by Crippen LogP contribution is -2.12. The van der Waals surface area contributed by atoms with Crippen LogP contribution in [0.25, 0.3) is 33.3 Å². The minimum Gasteiger partial charge on any atom is -0.398 e. The van der Waals surface area contributed by atoms with Gasteiger partial charge in [0.1, 0.15) is 0 Å². The summed E-state index contributed by atoms with van der Waals surface area (Å²) in [6.45, 7) is 0. The summed E-state index contributed by atoms with van der Waals surface area (Å²) in [5.74, 6) is -0.466. The number of aromatic nitrogens is 2. The maximum Gasteiger partial charge on any atom is 0.249 e. The van der Waals surface area contributed by atoms with E-state index in [1.165, 1.54) is 12.0 Å². The molecule has 1 amide bonds. The number of benzene rings is 2. The number of aryl methyl sites for hydroxylation is 1. The van der Waals surface area contributed by atoms with Crippen LogP contribution >= 0.6 is 0 Å². The largest absolute Gasteiger partial charge is 0.398 e. The van der Waals surface area contributed by atoms with E-state index in [0.29, 0.717) is 11.3 Å². The Kier molecular flexibility index (Phi) is 4.43. The molecule has 0 unspecified atom stereocenters. The van der Waals surface area contributed by atoms with Gasteiger partial charge in [-0.25, -0.2) is 0 Å². The molecule has 0 saturated heterocycles. The van der Waals surface area contributed by atoms with Gasteiger partial charge in [-0.05, 0) is 72.7 Å². The van der Waals surface area contributed by atoms with E-state index in [1.807, 2.05) is 30.3 Å². The Hall–Kier alpha value is -3.73. The van der Waals surface area contributed by atoms with Crippen LogP contribution in [0, 0.1) is 0 Å². The molecular weight excluding hydrogens is 372 g/mol. The number of anilines is 1. The van der Waals surface area contributed by atoms with Gasteiger partial charge in [0.15, 0.2) is 0 Å². The van der Waals surface area contributed by atoms with Gasteiger partial charge in [-0.2, -0.15) is 0 Å². The summed E-state index contributed by atoms with van der Waals surface area (Å²) < 4.78 is 0. The molecular formula is C25H22N4O. The highest BCUT2D eigenvalue weighted by Gasteiger charge is 2.17. The van der Waals surface area contributed by atoms with Gasteiger partial charge in [0.2, 0.25) is 5.91 Å². The molecule has 30 heavy (non-hydrogen) atoms. The van der Waals surface area contributed by atoms with E-state index in [4.69, 9.17) is 16.5 Å². The fourth-order valence-electron chi connectivity index (χ4n) is 4.32. The monoisotopic (exact) mass is 394 g/mol. The number of pyridine rings is 2. The Bertz CT molecular complexity index is 1300.